The van der Waals surface area contributed by atoms with Gasteiger partial charge in [-0.05, 0) is 49.9 Å². The Hall–Kier alpha value is -3.05. The Morgan fingerprint density at radius 3 is 2.75 bits per heavy atom. The molecule has 0 saturated carbocycles. The van der Waals surface area contributed by atoms with Crippen LogP contribution in [0.15, 0.2) is 42.7 Å². The summed E-state index contributed by atoms with van der Waals surface area (Å²) < 4.78 is 61.6. The van der Waals surface area contributed by atoms with Gasteiger partial charge in [-0.3, -0.25) is 9.78 Å². The van der Waals surface area contributed by atoms with Crippen molar-refractivity contribution in [2.24, 2.45) is 0 Å². The van der Waals surface area contributed by atoms with E-state index in [1.165, 1.54) is 6.07 Å². The molecule has 0 radical (unpaired) electrons. The molecule has 1 amide bonds. The van der Waals surface area contributed by atoms with E-state index in [1.807, 2.05) is 12.3 Å². The van der Waals surface area contributed by atoms with Crippen molar-refractivity contribution < 1.29 is 31.5 Å². The van der Waals surface area contributed by atoms with Gasteiger partial charge in [0.25, 0.3) is 5.91 Å². The second-order valence-electron chi connectivity index (χ2n) is 9.64. The predicted molar refractivity (Wildman–Crippen MR) is 130 cm³/mol. The van der Waals surface area contributed by atoms with Gasteiger partial charge in [0.2, 0.25) is 0 Å². The molecule has 36 heavy (non-hydrogen) atoms. The predicted octanol–water partition coefficient (Wildman–Crippen LogP) is 3.96. The molecule has 192 valence electrons. The highest BCUT2D eigenvalue weighted by Crippen LogP contribution is 2.36. The number of benzene rings is 1. The van der Waals surface area contributed by atoms with Crippen LogP contribution in [-0.4, -0.2) is 60.7 Å². The summed E-state index contributed by atoms with van der Waals surface area (Å²) in [6.45, 7) is 0.0274. The smallest absolute Gasteiger partial charge is 0.387 e. The Morgan fingerprint density at radius 1 is 1.28 bits per heavy atom. The lowest BCUT2D eigenvalue weighted by atomic mass is 10.0. The van der Waals surface area contributed by atoms with E-state index in [9.17, 15) is 22.0 Å². The Labute approximate surface area is 207 Å². The summed E-state index contributed by atoms with van der Waals surface area (Å²) in [5, 5.41) is 3.62. The summed E-state index contributed by atoms with van der Waals surface area (Å²) in [6, 6.07) is 8.32. The van der Waals surface area contributed by atoms with Crippen molar-refractivity contribution in [2.45, 2.75) is 44.4 Å². The summed E-state index contributed by atoms with van der Waals surface area (Å²) >= 11 is 0. The second-order valence-corrected chi connectivity index (χ2v) is 11.8. The standard InChI is InChI=1S/C25H27F2N3O5S/c1-25(7-10-36(32,33)15-25)29-23(31)21-12-22-19(13-28-21)20(14-30(22)17-5-8-34-9-6-17)16-3-2-4-18(11-16)35-24(26)27/h2-4,11-14,17,24H,5-10,15H2,1H3,(H,29,31). The van der Waals surface area contributed by atoms with Crippen LogP contribution < -0.4 is 10.1 Å². The van der Waals surface area contributed by atoms with Gasteiger partial charge in [-0.2, -0.15) is 8.78 Å². The average molecular weight is 520 g/mol. The van der Waals surface area contributed by atoms with Gasteiger partial charge in [0, 0.05) is 42.6 Å². The highest BCUT2D eigenvalue weighted by atomic mass is 32.2. The molecule has 1 atom stereocenters. The first-order valence-electron chi connectivity index (χ1n) is 11.8. The van der Waals surface area contributed by atoms with E-state index >= 15 is 0 Å². The summed E-state index contributed by atoms with van der Waals surface area (Å²) in [6.07, 6.45) is 5.48. The molecule has 3 aromatic rings. The van der Waals surface area contributed by atoms with Gasteiger partial charge in [0.1, 0.15) is 11.4 Å². The van der Waals surface area contributed by atoms with E-state index in [0.717, 1.165) is 29.3 Å². The minimum Gasteiger partial charge on any atom is -0.435 e. The number of nitrogens with zero attached hydrogens (tertiary/aromatic N) is 2. The van der Waals surface area contributed by atoms with Crippen LogP contribution in [0.5, 0.6) is 5.75 Å². The molecule has 2 aliphatic heterocycles. The lowest BCUT2D eigenvalue weighted by molar-refractivity contribution is -0.0498. The number of sulfone groups is 1. The fraction of sp³-hybridized carbons (Fsp3) is 0.440. The van der Waals surface area contributed by atoms with Gasteiger partial charge in [-0.15, -0.1) is 0 Å². The minimum atomic E-state index is -3.18. The molecule has 2 aliphatic rings. The quantitative estimate of drug-likeness (QED) is 0.529. The topological polar surface area (TPSA) is 99.5 Å². The van der Waals surface area contributed by atoms with Crippen LogP contribution in [-0.2, 0) is 14.6 Å². The van der Waals surface area contributed by atoms with Gasteiger partial charge in [-0.25, -0.2) is 8.42 Å². The van der Waals surface area contributed by atoms with Crippen molar-refractivity contribution in [1.82, 2.24) is 14.9 Å². The molecule has 4 heterocycles. The zero-order valence-corrected chi connectivity index (χ0v) is 20.6. The number of carbonyl (C=O) groups is 1. The number of aromatic nitrogens is 2. The fourth-order valence-corrected chi connectivity index (χ4v) is 7.14. The zero-order chi connectivity index (χ0) is 25.5. The number of nitrogens with one attached hydrogen (secondary N) is 1. The molecular weight excluding hydrogens is 492 g/mol. The number of hydrogen-bond donors (Lipinski definition) is 1. The average Bonchev–Trinajstić information content (AvgIpc) is 3.35. The van der Waals surface area contributed by atoms with E-state index in [0.29, 0.717) is 25.2 Å². The maximum absolute atomic E-state index is 13.1. The van der Waals surface area contributed by atoms with E-state index in [4.69, 9.17) is 4.74 Å². The maximum Gasteiger partial charge on any atom is 0.387 e. The number of hydrogen-bond acceptors (Lipinski definition) is 6. The van der Waals surface area contributed by atoms with E-state index in [-0.39, 0.29) is 29.0 Å². The Kier molecular flexibility index (Phi) is 6.46. The van der Waals surface area contributed by atoms with Gasteiger partial charge >= 0.3 is 6.61 Å². The van der Waals surface area contributed by atoms with Crippen LogP contribution >= 0.6 is 0 Å². The van der Waals surface area contributed by atoms with Crippen LogP contribution in [0.2, 0.25) is 0 Å². The van der Waals surface area contributed by atoms with Crippen LogP contribution in [0.4, 0.5) is 8.78 Å². The minimum absolute atomic E-state index is 0.0422. The molecule has 1 aromatic carbocycles. The highest BCUT2D eigenvalue weighted by molar-refractivity contribution is 7.91. The SMILES string of the molecule is CC1(NC(=O)c2cc3c(cn2)c(-c2cccc(OC(F)F)c2)cn3C2CCOCC2)CCS(=O)(=O)C1. The van der Waals surface area contributed by atoms with Crippen LogP contribution in [0.1, 0.15) is 42.7 Å². The molecule has 5 rings (SSSR count). The second kappa shape index (κ2) is 9.44. The largest absolute Gasteiger partial charge is 0.435 e. The van der Waals surface area contributed by atoms with E-state index in [1.54, 1.807) is 31.3 Å². The molecule has 2 aromatic heterocycles. The van der Waals surface area contributed by atoms with Crippen molar-refractivity contribution in [2.75, 3.05) is 24.7 Å². The first-order chi connectivity index (χ1) is 17.1. The lowest BCUT2D eigenvalue weighted by Gasteiger charge is -2.25. The molecule has 2 fully saturated rings. The maximum atomic E-state index is 13.1. The number of pyridine rings is 1. The first-order valence-corrected chi connectivity index (χ1v) is 13.6. The molecule has 8 nitrogen and oxygen atoms in total. The number of rotatable bonds is 6. The number of halogens is 2. The third-order valence-corrected chi connectivity index (χ3v) is 8.73. The molecule has 0 spiro atoms. The monoisotopic (exact) mass is 519 g/mol. The number of amides is 1. The third-order valence-electron chi connectivity index (χ3n) is 6.82. The van der Waals surface area contributed by atoms with E-state index < -0.39 is 27.9 Å². The number of carbonyl (C=O) groups excluding carboxylic acids is 1. The molecule has 0 aliphatic carbocycles. The fourth-order valence-electron chi connectivity index (χ4n) is 5.05. The van der Waals surface area contributed by atoms with Crippen molar-refractivity contribution in [1.29, 1.82) is 0 Å². The zero-order valence-electron chi connectivity index (χ0n) is 19.7. The molecule has 1 unspecified atom stereocenters. The number of ether oxygens (including phenoxy) is 2. The molecule has 0 bridgehead atoms. The van der Waals surface area contributed by atoms with Crippen molar-refractivity contribution in [3.05, 3.63) is 48.4 Å². The molecule has 1 N–H and O–H groups in total. The van der Waals surface area contributed by atoms with Crippen molar-refractivity contribution in [3.8, 4) is 16.9 Å². The summed E-state index contributed by atoms with van der Waals surface area (Å²) in [7, 11) is -3.18. The van der Waals surface area contributed by atoms with Crippen LogP contribution in [0.3, 0.4) is 0 Å². The van der Waals surface area contributed by atoms with Crippen molar-refractivity contribution in [3.63, 3.8) is 0 Å². The van der Waals surface area contributed by atoms with Gasteiger partial charge in [0.15, 0.2) is 9.84 Å². The lowest BCUT2D eigenvalue weighted by Crippen LogP contribution is -2.47. The van der Waals surface area contributed by atoms with Gasteiger partial charge in [0.05, 0.1) is 22.6 Å². The highest BCUT2D eigenvalue weighted by Gasteiger charge is 2.39. The summed E-state index contributed by atoms with van der Waals surface area (Å²) in [5.74, 6) is -0.447. The van der Waals surface area contributed by atoms with Crippen LogP contribution in [0.25, 0.3) is 22.0 Å². The van der Waals surface area contributed by atoms with Crippen molar-refractivity contribution >= 4 is 26.6 Å². The van der Waals surface area contributed by atoms with Gasteiger partial charge < -0.3 is 19.4 Å². The summed E-state index contributed by atoms with van der Waals surface area (Å²) in [4.78, 5) is 17.5. The number of fused-ring (bicyclic) bond motifs is 1. The summed E-state index contributed by atoms with van der Waals surface area (Å²) in [5.41, 5.74) is 1.59. The first kappa shape index (κ1) is 24.6. The van der Waals surface area contributed by atoms with Gasteiger partial charge in [-0.1, -0.05) is 12.1 Å². The molecular formula is C25H27F2N3O5S. The van der Waals surface area contributed by atoms with Crippen LogP contribution in [0, 0.1) is 0 Å². The Morgan fingerprint density at radius 2 is 2.06 bits per heavy atom. The molecule has 11 heteroatoms. The van der Waals surface area contributed by atoms with E-state index in [2.05, 4.69) is 19.6 Å². The normalized spacial score (nSPS) is 22.2. The number of alkyl halides is 2. The Bertz CT molecular complexity index is 1400. The third kappa shape index (κ3) is 5.08. The molecule has 2 saturated heterocycles. The Balaban J connectivity index is 1.54.